The number of hydrazine groups is 1. The summed E-state index contributed by atoms with van der Waals surface area (Å²) in [6.07, 6.45) is 1.98. The standard InChI is InChI=1S/C11H19N3O/c1-8(2)15-7-11(14-12)10-5-4-6-13-9(10)3/h4-6,8,11,14H,7,12H2,1-3H3. The number of aryl methyl sites for hydroxylation is 1. The summed E-state index contributed by atoms with van der Waals surface area (Å²) in [4.78, 5) is 4.22. The van der Waals surface area contributed by atoms with E-state index < -0.39 is 0 Å². The van der Waals surface area contributed by atoms with Gasteiger partial charge in [-0.2, -0.15) is 0 Å². The van der Waals surface area contributed by atoms with E-state index in [1.807, 2.05) is 32.9 Å². The van der Waals surface area contributed by atoms with E-state index in [4.69, 9.17) is 10.6 Å². The lowest BCUT2D eigenvalue weighted by Crippen LogP contribution is -2.32. The summed E-state index contributed by atoms with van der Waals surface area (Å²) in [6.45, 7) is 6.53. The minimum Gasteiger partial charge on any atom is -0.377 e. The van der Waals surface area contributed by atoms with Crippen molar-refractivity contribution in [1.29, 1.82) is 0 Å². The molecule has 3 N–H and O–H groups in total. The molecule has 0 aliphatic rings. The molecule has 1 aromatic heterocycles. The topological polar surface area (TPSA) is 60.2 Å². The summed E-state index contributed by atoms with van der Waals surface area (Å²) in [5, 5.41) is 0. The van der Waals surface area contributed by atoms with Gasteiger partial charge >= 0.3 is 0 Å². The zero-order chi connectivity index (χ0) is 11.3. The van der Waals surface area contributed by atoms with Crippen LogP contribution < -0.4 is 11.3 Å². The summed E-state index contributed by atoms with van der Waals surface area (Å²) >= 11 is 0. The summed E-state index contributed by atoms with van der Waals surface area (Å²) < 4.78 is 5.53. The molecule has 0 aromatic carbocycles. The Bertz CT molecular complexity index is 302. The van der Waals surface area contributed by atoms with E-state index in [1.54, 1.807) is 6.20 Å². The van der Waals surface area contributed by atoms with Gasteiger partial charge in [-0.1, -0.05) is 6.07 Å². The molecule has 4 heteroatoms. The van der Waals surface area contributed by atoms with E-state index >= 15 is 0 Å². The first-order chi connectivity index (χ1) is 7.15. The Morgan fingerprint density at radius 2 is 2.27 bits per heavy atom. The van der Waals surface area contributed by atoms with Gasteiger partial charge in [0.15, 0.2) is 0 Å². The molecule has 4 nitrogen and oxygen atoms in total. The fourth-order valence-corrected chi connectivity index (χ4v) is 1.38. The predicted molar refractivity (Wildman–Crippen MR) is 60.1 cm³/mol. The van der Waals surface area contributed by atoms with Gasteiger partial charge < -0.3 is 4.74 Å². The quantitative estimate of drug-likeness (QED) is 0.567. The van der Waals surface area contributed by atoms with Crippen LogP contribution in [0.5, 0.6) is 0 Å². The van der Waals surface area contributed by atoms with E-state index in [1.165, 1.54) is 0 Å². The lowest BCUT2D eigenvalue weighted by atomic mass is 10.1. The molecule has 0 aliphatic carbocycles. The second-order valence-corrected chi connectivity index (χ2v) is 3.78. The fourth-order valence-electron chi connectivity index (χ4n) is 1.38. The Morgan fingerprint density at radius 1 is 1.53 bits per heavy atom. The highest BCUT2D eigenvalue weighted by molar-refractivity contribution is 5.22. The molecule has 0 fully saturated rings. The predicted octanol–water partition coefficient (Wildman–Crippen LogP) is 1.32. The van der Waals surface area contributed by atoms with Crippen molar-refractivity contribution in [1.82, 2.24) is 10.4 Å². The third-order valence-corrected chi connectivity index (χ3v) is 2.22. The molecule has 0 amide bonds. The molecular weight excluding hydrogens is 190 g/mol. The summed E-state index contributed by atoms with van der Waals surface area (Å²) in [5.74, 6) is 5.50. The van der Waals surface area contributed by atoms with Crippen molar-refractivity contribution in [2.75, 3.05) is 6.61 Å². The number of nitrogens with two attached hydrogens (primary N) is 1. The van der Waals surface area contributed by atoms with E-state index in [9.17, 15) is 0 Å². The maximum atomic E-state index is 5.53. The average molecular weight is 209 g/mol. The highest BCUT2D eigenvalue weighted by Crippen LogP contribution is 2.15. The number of aromatic nitrogens is 1. The highest BCUT2D eigenvalue weighted by Gasteiger charge is 2.13. The van der Waals surface area contributed by atoms with Crippen LogP contribution in [0.15, 0.2) is 18.3 Å². The molecular formula is C11H19N3O. The number of hydrogen-bond acceptors (Lipinski definition) is 4. The van der Waals surface area contributed by atoms with Crippen LogP contribution in [0.1, 0.15) is 31.1 Å². The first-order valence-electron chi connectivity index (χ1n) is 5.14. The van der Waals surface area contributed by atoms with Gasteiger partial charge in [0, 0.05) is 11.9 Å². The number of nitrogens with zero attached hydrogens (tertiary/aromatic N) is 1. The van der Waals surface area contributed by atoms with Gasteiger partial charge in [-0.25, -0.2) is 0 Å². The van der Waals surface area contributed by atoms with Crippen molar-refractivity contribution in [3.8, 4) is 0 Å². The normalized spacial score (nSPS) is 13.1. The summed E-state index contributed by atoms with van der Waals surface area (Å²) in [6, 6.07) is 3.92. The third-order valence-electron chi connectivity index (χ3n) is 2.22. The van der Waals surface area contributed by atoms with Gasteiger partial charge in [-0.05, 0) is 32.4 Å². The van der Waals surface area contributed by atoms with Crippen molar-refractivity contribution < 1.29 is 4.74 Å². The Hall–Kier alpha value is -0.970. The molecule has 0 radical (unpaired) electrons. The van der Waals surface area contributed by atoms with E-state index in [2.05, 4.69) is 10.4 Å². The van der Waals surface area contributed by atoms with Crippen molar-refractivity contribution in [3.63, 3.8) is 0 Å². The molecule has 0 spiro atoms. The molecule has 1 atom stereocenters. The van der Waals surface area contributed by atoms with Gasteiger partial charge in [0.05, 0.1) is 18.8 Å². The minimum atomic E-state index is 0.00102. The van der Waals surface area contributed by atoms with Crippen LogP contribution >= 0.6 is 0 Å². The first-order valence-corrected chi connectivity index (χ1v) is 5.14. The number of nitrogens with one attached hydrogen (secondary N) is 1. The first kappa shape index (κ1) is 12.1. The Kier molecular flexibility index (Phi) is 4.68. The van der Waals surface area contributed by atoms with E-state index in [0.717, 1.165) is 11.3 Å². The second kappa shape index (κ2) is 5.80. The van der Waals surface area contributed by atoms with Crippen molar-refractivity contribution in [3.05, 3.63) is 29.6 Å². The summed E-state index contributed by atoms with van der Waals surface area (Å²) in [7, 11) is 0. The van der Waals surface area contributed by atoms with E-state index in [-0.39, 0.29) is 12.1 Å². The van der Waals surface area contributed by atoms with Crippen molar-refractivity contribution >= 4 is 0 Å². The molecule has 1 rings (SSSR count). The molecule has 1 heterocycles. The lowest BCUT2D eigenvalue weighted by molar-refractivity contribution is 0.0609. The maximum Gasteiger partial charge on any atom is 0.0711 e. The average Bonchev–Trinajstić information content (AvgIpc) is 2.21. The number of rotatable bonds is 5. The van der Waals surface area contributed by atoms with Gasteiger partial charge in [0.1, 0.15) is 0 Å². The number of hydrogen-bond donors (Lipinski definition) is 2. The highest BCUT2D eigenvalue weighted by atomic mass is 16.5. The van der Waals surface area contributed by atoms with Crippen LogP contribution in [-0.2, 0) is 4.74 Å². The third kappa shape index (κ3) is 3.58. The Labute approximate surface area is 90.8 Å². The summed E-state index contributed by atoms with van der Waals surface area (Å²) in [5.41, 5.74) is 4.81. The van der Waals surface area contributed by atoms with Crippen molar-refractivity contribution in [2.45, 2.75) is 32.9 Å². The molecule has 0 saturated carbocycles. The molecule has 84 valence electrons. The Morgan fingerprint density at radius 3 is 2.80 bits per heavy atom. The van der Waals surface area contributed by atoms with Crippen LogP contribution in [-0.4, -0.2) is 17.7 Å². The van der Waals surface area contributed by atoms with Gasteiger partial charge in [0.2, 0.25) is 0 Å². The van der Waals surface area contributed by atoms with Crippen LogP contribution in [0.3, 0.4) is 0 Å². The van der Waals surface area contributed by atoms with Crippen LogP contribution in [0.2, 0.25) is 0 Å². The molecule has 15 heavy (non-hydrogen) atoms. The SMILES string of the molecule is Cc1ncccc1C(COC(C)C)NN. The fraction of sp³-hybridized carbons (Fsp3) is 0.545. The molecule has 0 aliphatic heterocycles. The smallest absolute Gasteiger partial charge is 0.0711 e. The molecule has 1 aromatic rings. The zero-order valence-corrected chi connectivity index (χ0v) is 9.53. The number of ether oxygens (including phenoxy) is 1. The van der Waals surface area contributed by atoms with Gasteiger partial charge in [-0.15, -0.1) is 0 Å². The minimum absolute atomic E-state index is 0.00102. The maximum absolute atomic E-state index is 5.53. The largest absolute Gasteiger partial charge is 0.377 e. The van der Waals surface area contributed by atoms with Crippen molar-refractivity contribution in [2.24, 2.45) is 5.84 Å². The number of pyridine rings is 1. The van der Waals surface area contributed by atoms with E-state index in [0.29, 0.717) is 6.61 Å². The van der Waals surface area contributed by atoms with Gasteiger partial charge in [-0.3, -0.25) is 16.3 Å². The molecule has 0 bridgehead atoms. The monoisotopic (exact) mass is 209 g/mol. The second-order valence-electron chi connectivity index (χ2n) is 3.78. The zero-order valence-electron chi connectivity index (χ0n) is 9.53. The van der Waals surface area contributed by atoms with Gasteiger partial charge in [0.25, 0.3) is 0 Å². The lowest BCUT2D eigenvalue weighted by Gasteiger charge is -2.19. The molecule has 0 saturated heterocycles. The van der Waals surface area contributed by atoms with Crippen LogP contribution in [0.25, 0.3) is 0 Å². The van der Waals surface area contributed by atoms with Crippen LogP contribution in [0, 0.1) is 6.92 Å². The Balaban J connectivity index is 2.70. The van der Waals surface area contributed by atoms with Crippen LogP contribution in [0.4, 0.5) is 0 Å². The molecule has 1 unspecified atom stereocenters.